The smallest absolute Gasteiger partial charge is 0.261 e. The fourth-order valence-corrected chi connectivity index (χ4v) is 4.29. The molecule has 7 nitrogen and oxygen atoms in total. The van der Waals surface area contributed by atoms with Gasteiger partial charge in [0.05, 0.1) is 51.0 Å². The van der Waals surface area contributed by atoms with E-state index in [1.807, 2.05) is 18.2 Å². The Hall–Kier alpha value is -2.90. The summed E-state index contributed by atoms with van der Waals surface area (Å²) < 4.78 is 5.21. The van der Waals surface area contributed by atoms with Crippen molar-refractivity contribution < 1.29 is 36.4 Å². The Morgan fingerprint density at radius 2 is 1.78 bits per heavy atom. The number of halogens is 1. The molecule has 2 heterocycles. The van der Waals surface area contributed by atoms with Crippen molar-refractivity contribution >= 4 is 17.7 Å². The highest BCUT2D eigenvalue weighted by molar-refractivity contribution is 6.22. The molecule has 3 amide bonds. The van der Waals surface area contributed by atoms with Gasteiger partial charge >= 0.3 is 0 Å². The SMILES string of the molecule is COc1cccc(CN2C(=O)c3ccc(C(=O)NCC[NH+]4CCCCC4)cc3C2=O)c1.[Cl-]. The third-order valence-electron chi connectivity index (χ3n) is 6.03. The molecule has 0 radical (unpaired) electrons. The van der Waals surface area contributed by atoms with Crippen molar-refractivity contribution in [3.05, 3.63) is 64.7 Å². The van der Waals surface area contributed by atoms with Gasteiger partial charge in [-0.15, -0.1) is 0 Å². The molecule has 2 aromatic rings. The molecule has 2 N–H and O–H groups in total. The minimum absolute atomic E-state index is 0. The molecule has 8 heteroatoms. The predicted molar refractivity (Wildman–Crippen MR) is 115 cm³/mol. The van der Waals surface area contributed by atoms with Gasteiger partial charge in [-0.1, -0.05) is 12.1 Å². The van der Waals surface area contributed by atoms with Crippen LogP contribution in [0, 0.1) is 0 Å². The van der Waals surface area contributed by atoms with Crippen LogP contribution in [0.1, 0.15) is 55.9 Å². The zero-order chi connectivity index (χ0) is 21.8. The molecule has 1 saturated heterocycles. The number of methoxy groups -OCH3 is 1. The first-order valence-electron chi connectivity index (χ1n) is 10.8. The van der Waals surface area contributed by atoms with E-state index >= 15 is 0 Å². The molecule has 0 spiro atoms. The van der Waals surface area contributed by atoms with Gasteiger partial charge in [-0.2, -0.15) is 0 Å². The third kappa shape index (κ3) is 5.11. The molecule has 4 rings (SSSR count). The summed E-state index contributed by atoms with van der Waals surface area (Å²) in [6, 6.07) is 12.0. The molecule has 0 atom stereocenters. The van der Waals surface area contributed by atoms with E-state index in [1.54, 1.807) is 25.3 Å². The van der Waals surface area contributed by atoms with Gasteiger partial charge in [0.2, 0.25) is 0 Å². The molecule has 2 aliphatic rings. The molecule has 2 aromatic carbocycles. The maximum Gasteiger partial charge on any atom is 0.261 e. The lowest BCUT2D eigenvalue weighted by Gasteiger charge is -2.23. The first-order chi connectivity index (χ1) is 15.1. The van der Waals surface area contributed by atoms with Crippen LogP contribution in [0.15, 0.2) is 42.5 Å². The van der Waals surface area contributed by atoms with Crippen LogP contribution in [-0.2, 0) is 6.54 Å². The van der Waals surface area contributed by atoms with Gasteiger partial charge in [-0.05, 0) is 55.2 Å². The summed E-state index contributed by atoms with van der Waals surface area (Å²) in [6.45, 7) is 3.98. The minimum Gasteiger partial charge on any atom is -1.00 e. The fourth-order valence-electron chi connectivity index (χ4n) is 4.29. The van der Waals surface area contributed by atoms with Crippen LogP contribution in [0.4, 0.5) is 0 Å². The maximum atomic E-state index is 12.9. The zero-order valence-corrected chi connectivity index (χ0v) is 18.9. The van der Waals surface area contributed by atoms with E-state index in [2.05, 4.69) is 5.32 Å². The number of carbonyl (C=O) groups excluding carboxylic acids is 3. The Labute approximate surface area is 194 Å². The van der Waals surface area contributed by atoms with Crippen molar-refractivity contribution in [1.29, 1.82) is 0 Å². The number of rotatable bonds is 7. The average molecular weight is 458 g/mol. The van der Waals surface area contributed by atoms with Gasteiger partial charge in [0.25, 0.3) is 17.7 Å². The van der Waals surface area contributed by atoms with Crippen molar-refractivity contribution in [3.8, 4) is 5.75 Å². The fraction of sp³-hybridized carbons (Fsp3) is 0.375. The summed E-state index contributed by atoms with van der Waals surface area (Å²) in [5.41, 5.74) is 1.81. The Balaban J connectivity index is 0.00000289. The number of piperidine rings is 1. The van der Waals surface area contributed by atoms with E-state index in [-0.39, 0.29) is 42.2 Å². The summed E-state index contributed by atoms with van der Waals surface area (Å²) in [5.74, 6) is -0.274. The molecule has 0 aliphatic carbocycles. The molecule has 0 saturated carbocycles. The van der Waals surface area contributed by atoms with Crippen molar-refractivity contribution in [2.45, 2.75) is 25.8 Å². The maximum absolute atomic E-state index is 12.9. The number of carbonyl (C=O) groups is 3. The lowest BCUT2D eigenvalue weighted by Crippen LogP contribution is -3.13. The van der Waals surface area contributed by atoms with Crippen molar-refractivity contribution in [3.63, 3.8) is 0 Å². The Kier molecular flexibility index (Phi) is 7.88. The number of ether oxygens (including phenoxy) is 1. The number of quaternary nitrogens is 1. The number of fused-ring (bicyclic) bond motifs is 1. The lowest BCUT2D eigenvalue weighted by molar-refractivity contribution is -0.903. The third-order valence-corrected chi connectivity index (χ3v) is 6.03. The second kappa shape index (κ2) is 10.6. The van der Waals surface area contributed by atoms with Crippen molar-refractivity contribution in [2.75, 3.05) is 33.3 Å². The number of amides is 3. The molecular formula is C24H28ClN3O4. The largest absolute Gasteiger partial charge is 1.00 e. The summed E-state index contributed by atoms with van der Waals surface area (Å²) in [4.78, 5) is 41.0. The number of imide groups is 1. The number of likely N-dealkylation sites (tertiary alicyclic amines) is 1. The Morgan fingerprint density at radius 1 is 1.03 bits per heavy atom. The van der Waals surface area contributed by atoms with E-state index in [0.717, 1.165) is 25.2 Å². The van der Waals surface area contributed by atoms with Gasteiger partial charge in [0.15, 0.2) is 0 Å². The van der Waals surface area contributed by atoms with Gasteiger partial charge in [0.1, 0.15) is 5.75 Å². The minimum atomic E-state index is -0.379. The molecule has 170 valence electrons. The van der Waals surface area contributed by atoms with E-state index < -0.39 is 0 Å². The summed E-state index contributed by atoms with van der Waals surface area (Å²) in [6.07, 6.45) is 3.79. The Morgan fingerprint density at radius 3 is 2.53 bits per heavy atom. The first kappa shape index (κ1) is 23.8. The molecule has 0 unspecified atom stereocenters. The Bertz CT molecular complexity index is 1000. The normalized spacial score (nSPS) is 15.8. The summed E-state index contributed by atoms with van der Waals surface area (Å²) in [5, 5.41) is 2.94. The molecule has 2 aliphatic heterocycles. The predicted octanol–water partition coefficient (Wildman–Crippen LogP) is -1.71. The number of benzene rings is 2. The second-order valence-corrected chi connectivity index (χ2v) is 8.12. The standard InChI is InChI=1S/C24H27N3O4.ClH/c1-31-19-7-5-6-17(14-19)16-27-23(29)20-9-8-18(15-21(20)24(27)30)22(28)25-10-13-26-11-3-2-4-12-26;/h5-9,14-15H,2-4,10-13,16H2,1H3,(H,25,28);1H. The number of nitrogens with zero attached hydrogens (tertiary/aromatic N) is 1. The van der Waals surface area contributed by atoms with Crippen molar-refractivity contribution in [2.24, 2.45) is 0 Å². The lowest BCUT2D eigenvalue weighted by atomic mass is 10.1. The van der Waals surface area contributed by atoms with Crippen LogP contribution >= 0.6 is 0 Å². The van der Waals surface area contributed by atoms with Gasteiger partial charge in [0, 0.05) is 5.56 Å². The van der Waals surface area contributed by atoms with E-state index in [4.69, 9.17) is 4.74 Å². The topological polar surface area (TPSA) is 80.2 Å². The van der Waals surface area contributed by atoms with E-state index in [1.165, 1.54) is 35.1 Å². The van der Waals surface area contributed by atoms with Crippen LogP contribution in [0.3, 0.4) is 0 Å². The van der Waals surface area contributed by atoms with Crippen LogP contribution in [-0.4, -0.2) is 55.9 Å². The van der Waals surface area contributed by atoms with Crippen LogP contribution in [0.5, 0.6) is 5.75 Å². The van der Waals surface area contributed by atoms with E-state index in [0.29, 0.717) is 23.4 Å². The molecular weight excluding hydrogens is 430 g/mol. The molecule has 32 heavy (non-hydrogen) atoms. The van der Waals surface area contributed by atoms with Crippen LogP contribution in [0.2, 0.25) is 0 Å². The van der Waals surface area contributed by atoms with E-state index in [9.17, 15) is 14.4 Å². The van der Waals surface area contributed by atoms with Crippen LogP contribution in [0.25, 0.3) is 0 Å². The quantitative estimate of drug-likeness (QED) is 0.485. The second-order valence-electron chi connectivity index (χ2n) is 8.12. The first-order valence-corrected chi connectivity index (χ1v) is 10.8. The van der Waals surface area contributed by atoms with Gasteiger partial charge in [-0.25, -0.2) is 0 Å². The monoisotopic (exact) mass is 457 g/mol. The van der Waals surface area contributed by atoms with Crippen LogP contribution < -0.4 is 27.4 Å². The highest BCUT2D eigenvalue weighted by atomic mass is 35.5. The van der Waals surface area contributed by atoms with Gasteiger partial charge < -0.3 is 27.4 Å². The zero-order valence-electron chi connectivity index (χ0n) is 18.2. The summed E-state index contributed by atoms with van der Waals surface area (Å²) >= 11 is 0. The number of hydrogen-bond acceptors (Lipinski definition) is 4. The highest BCUT2D eigenvalue weighted by Crippen LogP contribution is 2.26. The molecule has 0 bridgehead atoms. The van der Waals surface area contributed by atoms with Crippen molar-refractivity contribution in [1.82, 2.24) is 10.2 Å². The molecule has 1 fully saturated rings. The summed E-state index contributed by atoms with van der Waals surface area (Å²) in [7, 11) is 1.57. The average Bonchev–Trinajstić information content (AvgIpc) is 3.04. The molecule has 0 aromatic heterocycles. The number of nitrogens with one attached hydrogen (secondary N) is 2. The van der Waals surface area contributed by atoms with Gasteiger partial charge in [-0.3, -0.25) is 19.3 Å². The number of hydrogen-bond donors (Lipinski definition) is 2. The highest BCUT2D eigenvalue weighted by Gasteiger charge is 2.36.